The lowest BCUT2D eigenvalue weighted by atomic mass is 9.85. The molecule has 158 valence electrons. The molecule has 0 bridgehead atoms. The predicted molar refractivity (Wildman–Crippen MR) is 102 cm³/mol. The van der Waals surface area contributed by atoms with Gasteiger partial charge >= 0.3 is 11.9 Å². The Bertz CT molecular complexity index is 670. The molecule has 8 heteroatoms. The zero-order chi connectivity index (χ0) is 21.3. The van der Waals surface area contributed by atoms with E-state index >= 15 is 0 Å². The Morgan fingerprint density at radius 1 is 1.39 bits per heavy atom. The maximum Gasteiger partial charge on any atom is 0.341 e. The Labute approximate surface area is 165 Å². The van der Waals surface area contributed by atoms with Gasteiger partial charge in [0.05, 0.1) is 19.2 Å². The van der Waals surface area contributed by atoms with Crippen molar-refractivity contribution in [3.63, 3.8) is 0 Å². The van der Waals surface area contributed by atoms with Crippen LogP contribution >= 0.6 is 0 Å². The van der Waals surface area contributed by atoms with E-state index in [1.54, 1.807) is 33.8 Å². The van der Waals surface area contributed by atoms with E-state index in [-0.39, 0.29) is 13.2 Å². The van der Waals surface area contributed by atoms with Crippen LogP contribution in [0, 0.1) is 11.1 Å². The van der Waals surface area contributed by atoms with Gasteiger partial charge in [-0.1, -0.05) is 19.4 Å². The first kappa shape index (κ1) is 22.5. The van der Waals surface area contributed by atoms with Crippen molar-refractivity contribution in [1.82, 2.24) is 0 Å². The third kappa shape index (κ3) is 4.30. The fourth-order valence-corrected chi connectivity index (χ4v) is 3.92. The number of nitrogens with zero attached hydrogens (tertiary/aromatic N) is 1. The topological polar surface area (TPSA) is 116 Å². The zero-order valence-corrected chi connectivity index (χ0v) is 17.2. The van der Waals surface area contributed by atoms with Crippen LogP contribution < -0.4 is 0 Å². The first-order chi connectivity index (χ1) is 12.9. The van der Waals surface area contributed by atoms with Crippen LogP contribution in [0.15, 0.2) is 23.3 Å². The van der Waals surface area contributed by atoms with E-state index in [0.717, 1.165) is 5.57 Å². The number of hydroxylamine groups is 3. The van der Waals surface area contributed by atoms with E-state index in [4.69, 9.17) is 9.47 Å². The van der Waals surface area contributed by atoms with Crippen molar-refractivity contribution in [2.45, 2.75) is 64.9 Å². The van der Waals surface area contributed by atoms with Crippen LogP contribution in [0.3, 0.4) is 0 Å². The Morgan fingerprint density at radius 2 is 2.04 bits per heavy atom. The number of ether oxygens (including phenoxy) is 2. The molecule has 0 radical (unpaired) electrons. The highest BCUT2D eigenvalue weighted by Crippen LogP contribution is 2.38. The summed E-state index contributed by atoms with van der Waals surface area (Å²) in [5.41, 5.74) is -0.659. The van der Waals surface area contributed by atoms with E-state index in [9.17, 15) is 25.0 Å². The van der Waals surface area contributed by atoms with Crippen LogP contribution in [0.4, 0.5) is 0 Å². The molecule has 2 rings (SSSR count). The van der Waals surface area contributed by atoms with Crippen molar-refractivity contribution in [3.05, 3.63) is 28.5 Å². The van der Waals surface area contributed by atoms with Crippen molar-refractivity contribution < 1.29 is 33.9 Å². The molecular weight excluding hydrogens is 366 g/mol. The Morgan fingerprint density at radius 3 is 2.57 bits per heavy atom. The second kappa shape index (κ2) is 8.32. The summed E-state index contributed by atoms with van der Waals surface area (Å²) in [7, 11) is 0. The number of carbonyl (C=O) groups excluding carboxylic acids is 2. The first-order valence-electron chi connectivity index (χ1n) is 9.61. The summed E-state index contributed by atoms with van der Waals surface area (Å²) in [5, 5.41) is 33.3. The van der Waals surface area contributed by atoms with Crippen molar-refractivity contribution in [2.24, 2.45) is 5.92 Å². The predicted octanol–water partition coefficient (Wildman–Crippen LogP) is 1.20. The number of aliphatic hydroxyl groups excluding tert-OH is 1. The summed E-state index contributed by atoms with van der Waals surface area (Å²) < 4.78 is 10.2. The average Bonchev–Trinajstić information content (AvgIpc) is 3.07. The summed E-state index contributed by atoms with van der Waals surface area (Å²) in [6.07, 6.45) is 1.63. The number of esters is 2. The van der Waals surface area contributed by atoms with Gasteiger partial charge in [0, 0.05) is 18.1 Å². The molecule has 1 saturated heterocycles. The molecule has 8 nitrogen and oxygen atoms in total. The monoisotopic (exact) mass is 397 g/mol. The standard InChI is InChI=1S/C20H31NO7/c1-12(2)10-17(23)28-16-7-9-21(26)8-6-15(18(16)21)11-27-19(24)20(25,13(3)4)14(5)22/h6,10,13-14,16,18,22,25H,7-9,11H2,1-5H3. The minimum Gasteiger partial charge on any atom is -0.632 e. The smallest absolute Gasteiger partial charge is 0.341 e. The molecule has 0 spiro atoms. The quantitative estimate of drug-likeness (QED) is 0.218. The van der Waals surface area contributed by atoms with E-state index in [2.05, 4.69) is 0 Å². The van der Waals surface area contributed by atoms with Crippen molar-refractivity contribution in [3.8, 4) is 0 Å². The molecule has 5 atom stereocenters. The lowest BCUT2D eigenvalue weighted by Gasteiger charge is -2.40. The number of carbonyl (C=O) groups is 2. The molecule has 0 amide bonds. The molecule has 1 fully saturated rings. The van der Waals surface area contributed by atoms with Crippen LogP contribution in [-0.4, -0.2) is 70.3 Å². The van der Waals surface area contributed by atoms with E-state index < -0.39 is 46.4 Å². The molecule has 2 heterocycles. The normalized spacial score (nSPS) is 29.5. The van der Waals surface area contributed by atoms with Gasteiger partial charge in [-0.15, -0.1) is 0 Å². The molecule has 0 aromatic heterocycles. The van der Waals surface area contributed by atoms with Gasteiger partial charge in [0.15, 0.2) is 17.7 Å². The molecule has 2 aliphatic heterocycles. The lowest BCUT2D eigenvalue weighted by Crippen LogP contribution is -2.53. The molecule has 0 saturated carbocycles. The summed E-state index contributed by atoms with van der Waals surface area (Å²) in [4.78, 5) is 24.4. The largest absolute Gasteiger partial charge is 0.632 e. The number of aliphatic hydroxyl groups is 2. The highest BCUT2D eigenvalue weighted by Gasteiger charge is 2.51. The van der Waals surface area contributed by atoms with E-state index in [0.29, 0.717) is 18.5 Å². The molecular formula is C20H31NO7. The third-order valence-electron chi connectivity index (χ3n) is 5.58. The summed E-state index contributed by atoms with van der Waals surface area (Å²) in [5.74, 6) is -1.99. The van der Waals surface area contributed by atoms with Crippen LogP contribution in [-0.2, 0) is 19.1 Å². The number of hydrogen-bond donors (Lipinski definition) is 2. The fraction of sp³-hybridized carbons (Fsp3) is 0.700. The summed E-state index contributed by atoms with van der Waals surface area (Å²) in [6.45, 7) is 8.45. The number of fused-ring (bicyclic) bond motifs is 1. The molecule has 5 unspecified atom stereocenters. The molecule has 0 aliphatic carbocycles. The average molecular weight is 397 g/mol. The second-order valence-corrected chi connectivity index (χ2v) is 8.30. The number of allylic oxidation sites excluding steroid dienone is 1. The van der Waals surface area contributed by atoms with Crippen molar-refractivity contribution >= 4 is 11.9 Å². The first-order valence-corrected chi connectivity index (χ1v) is 9.61. The highest BCUT2D eigenvalue weighted by atomic mass is 16.6. The minimum absolute atomic E-state index is 0.190. The van der Waals surface area contributed by atoms with Gasteiger partial charge < -0.3 is 29.5 Å². The molecule has 2 aliphatic rings. The Hall–Kier alpha value is -1.74. The number of hydrogen-bond acceptors (Lipinski definition) is 7. The Kier molecular flexibility index (Phi) is 6.70. The van der Waals surface area contributed by atoms with Gasteiger partial charge in [-0.3, -0.25) is 0 Å². The fourth-order valence-electron chi connectivity index (χ4n) is 3.92. The van der Waals surface area contributed by atoms with Gasteiger partial charge in [-0.25, -0.2) is 9.59 Å². The van der Waals surface area contributed by atoms with Gasteiger partial charge in [-0.05, 0) is 32.8 Å². The van der Waals surface area contributed by atoms with Crippen molar-refractivity contribution in [1.29, 1.82) is 0 Å². The van der Waals surface area contributed by atoms with Crippen LogP contribution in [0.25, 0.3) is 0 Å². The number of quaternary nitrogens is 1. The van der Waals surface area contributed by atoms with Gasteiger partial charge in [0.2, 0.25) is 0 Å². The van der Waals surface area contributed by atoms with Crippen molar-refractivity contribution in [2.75, 3.05) is 19.7 Å². The van der Waals surface area contributed by atoms with E-state index in [1.165, 1.54) is 13.0 Å². The third-order valence-corrected chi connectivity index (χ3v) is 5.58. The summed E-state index contributed by atoms with van der Waals surface area (Å²) in [6, 6.07) is -0.624. The van der Waals surface area contributed by atoms with Gasteiger partial charge in [-0.2, -0.15) is 0 Å². The maximum absolute atomic E-state index is 13.0. The molecule has 2 N–H and O–H groups in total. The minimum atomic E-state index is -2.03. The van der Waals surface area contributed by atoms with Crippen LogP contribution in [0.2, 0.25) is 0 Å². The summed E-state index contributed by atoms with van der Waals surface area (Å²) >= 11 is 0. The zero-order valence-electron chi connectivity index (χ0n) is 17.2. The van der Waals surface area contributed by atoms with Gasteiger partial charge in [0.1, 0.15) is 6.61 Å². The number of rotatable bonds is 7. The van der Waals surface area contributed by atoms with Crippen LogP contribution in [0.5, 0.6) is 0 Å². The Balaban J connectivity index is 2.09. The second-order valence-electron chi connectivity index (χ2n) is 8.30. The molecule has 0 aromatic rings. The molecule has 0 aromatic carbocycles. The maximum atomic E-state index is 13.0. The highest BCUT2D eigenvalue weighted by molar-refractivity contribution is 5.83. The van der Waals surface area contributed by atoms with E-state index in [1.807, 2.05) is 0 Å². The SMILES string of the molecule is CC(C)=CC(=O)OC1CC[N+]2([O-])CC=C(COC(=O)C(O)(C(C)C)C(C)O)C12. The van der Waals surface area contributed by atoms with Crippen LogP contribution in [0.1, 0.15) is 41.0 Å². The molecule has 28 heavy (non-hydrogen) atoms. The lowest BCUT2D eigenvalue weighted by molar-refractivity contribution is -0.877. The van der Waals surface area contributed by atoms with Gasteiger partial charge in [0.25, 0.3) is 0 Å².